The van der Waals surface area contributed by atoms with Gasteiger partial charge in [-0.15, -0.1) is 0 Å². The van der Waals surface area contributed by atoms with Crippen molar-refractivity contribution in [3.63, 3.8) is 0 Å². The molecule has 0 saturated carbocycles. The fourth-order valence-electron chi connectivity index (χ4n) is 1.58. The van der Waals surface area contributed by atoms with E-state index in [1.165, 1.54) is 12.1 Å². The highest BCUT2D eigenvalue weighted by Gasteiger charge is 2.12. The van der Waals surface area contributed by atoms with Crippen molar-refractivity contribution < 1.29 is 9.13 Å². The van der Waals surface area contributed by atoms with Gasteiger partial charge in [-0.2, -0.15) is 5.10 Å². The van der Waals surface area contributed by atoms with Crippen LogP contribution in [0.15, 0.2) is 18.2 Å². The highest BCUT2D eigenvalue weighted by Crippen LogP contribution is 2.27. The van der Waals surface area contributed by atoms with Crippen LogP contribution in [0.4, 0.5) is 4.39 Å². The van der Waals surface area contributed by atoms with Gasteiger partial charge in [0.05, 0.1) is 18.2 Å². The number of aromatic nitrogens is 3. The summed E-state index contributed by atoms with van der Waals surface area (Å²) >= 11 is 11.1. The van der Waals surface area contributed by atoms with Gasteiger partial charge < -0.3 is 4.74 Å². The van der Waals surface area contributed by atoms with Gasteiger partial charge in [-0.25, -0.2) is 4.39 Å². The molecule has 0 unspecified atom stereocenters. The molecule has 1 aromatic carbocycles. The average molecular weight is 288 g/mol. The molecule has 1 heterocycles. The highest BCUT2D eigenvalue weighted by atomic mass is 35.5. The van der Waals surface area contributed by atoms with E-state index in [0.717, 1.165) is 0 Å². The van der Waals surface area contributed by atoms with Crippen LogP contribution in [-0.4, -0.2) is 28.5 Å². The van der Waals surface area contributed by atoms with Crippen LogP contribution >= 0.6 is 23.8 Å². The Labute approximate surface area is 113 Å². The first-order valence-electron chi connectivity index (χ1n) is 5.23. The Bertz CT molecular complexity index is 611. The van der Waals surface area contributed by atoms with E-state index in [-0.39, 0.29) is 5.82 Å². The van der Waals surface area contributed by atoms with Crippen LogP contribution in [-0.2, 0) is 11.3 Å². The summed E-state index contributed by atoms with van der Waals surface area (Å²) in [6, 6.07) is 4.15. The lowest BCUT2D eigenvalue weighted by Crippen LogP contribution is -2.06. The third-order valence-corrected chi connectivity index (χ3v) is 3.07. The molecule has 0 fully saturated rings. The summed E-state index contributed by atoms with van der Waals surface area (Å²) in [5.41, 5.74) is 0.626. The van der Waals surface area contributed by atoms with Gasteiger partial charge in [-0.1, -0.05) is 11.6 Å². The number of benzene rings is 1. The topological polar surface area (TPSA) is 42.8 Å². The maximum Gasteiger partial charge on any atom is 0.195 e. The maximum atomic E-state index is 13.0. The lowest BCUT2D eigenvalue weighted by Gasteiger charge is -2.07. The normalized spacial score (nSPS) is 10.8. The van der Waals surface area contributed by atoms with E-state index >= 15 is 0 Å². The van der Waals surface area contributed by atoms with Crippen molar-refractivity contribution >= 4 is 23.8 Å². The molecule has 0 aliphatic carbocycles. The minimum absolute atomic E-state index is 0.294. The number of hydrogen-bond acceptors (Lipinski definition) is 3. The lowest BCUT2D eigenvalue weighted by atomic mass is 10.2. The van der Waals surface area contributed by atoms with Gasteiger partial charge in [0.15, 0.2) is 10.6 Å². The van der Waals surface area contributed by atoms with Gasteiger partial charge in [-0.3, -0.25) is 9.67 Å². The number of aromatic amines is 1. The van der Waals surface area contributed by atoms with Crippen LogP contribution in [0, 0.1) is 10.6 Å². The van der Waals surface area contributed by atoms with E-state index < -0.39 is 0 Å². The second kappa shape index (κ2) is 5.60. The summed E-state index contributed by atoms with van der Waals surface area (Å²) < 4.78 is 20.3. The Balaban J connectivity index is 2.47. The van der Waals surface area contributed by atoms with Crippen molar-refractivity contribution in [3.8, 4) is 11.4 Å². The van der Waals surface area contributed by atoms with Gasteiger partial charge in [0.1, 0.15) is 5.82 Å². The van der Waals surface area contributed by atoms with Crippen LogP contribution in [0.1, 0.15) is 0 Å². The van der Waals surface area contributed by atoms with Gasteiger partial charge >= 0.3 is 0 Å². The van der Waals surface area contributed by atoms with Crippen LogP contribution < -0.4 is 0 Å². The largest absolute Gasteiger partial charge is 0.383 e. The third-order valence-electron chi connectivity index (χ3n) is 2.45. The zero-order chi connectivity index (χ0) is 13.1. The average Bonchev–Trinajstić information content (AvgIpc) is 2.68. The molecule has 0 radical (unpaired) electrons. The predicted octanol–water partition coefficient (Wildman–Crippen LogP) is 3.05. The number of hydrogen-bond donors (Lipinski definition) is 1. The number of ether oxygens (including phenoxy) is 1. The van der Waals surface area contributed by atoms with Gasteiger partial charge in [0, 0.05) is 12.7 Å². The van der Waals surface area contributed by atoms with Crippen LogP contribution in [0.5, 0.6) is 0 Å². The molecule has 0 aliphatic rings. The van der Waals surface area contributed by atoms with Crippen molar-refractivity contribution in [3.05, 3.63) is 33.8 Å². The number of H-pyrrole nitrogens is 1. The number of halogens is 2. The first-order valence-corrected chi connectivity index (χ1v) is 6.01. The zero-order valence-electron chi connectivity index (χ0n) is 9.61. The van der Waals surface area contributed by atoms with E-state index in [0.29, 0.717) is 34.3 Å². The molecule has 0 amide bonds. The molecule has 0 spiro atoms. The minimum atomic E-state index is -0.388. The second-order valence-corrected chi connectivity index (χ2v) is 4.41. The van der Waals surface area contributed by atoms with Crippen molar-refractivity contribution in [2.75, 3.05) is 13.7 Å². The maximum absolute atomic E-state index is 13.0. The number of nitrogens with zero attached hydrogens (tertiary/aromatic N) is 2. The quantitative estimate of drug-likeness (QED) is 0.879. The Morgan fingerprint density at radius 1 is 1.56 bits per heavy atom. The smallest absolute Gasteiger partial charge is 0.195 e. The first-order chi connectivity index (χ1) is 8.63. The Hall–Kier alpha value is -1.24. The Morgan fingerprint density at radius 3 is 3.00 bits per heavy atom. The van der Waals surface area contributed by atoms with Gasteiger partial charge in [-0.05, 0) is 30.4 Å². The fraction of sp³-hybridized carbons (Fsp3) is 0.273. The summed E-state index contributed by atoms with van der Waals surface area (Å²) in [5, 5.41) is 7.10. The minimum Gasteiger partial charge on any atom is -0.383 e. The molecule has 0 atom stereocenters. The molecule has 2 rings (SSSR count). The van der Waals surface area contributed by atoms with E-state index in [2.05, 4.69) is 10.2 Å². The molecule has 0 aliphatic heterocycles. The molecule has 96 valence electrons. The zero-order valence-corrected chi connectivity index (χ0v) is 11.2. The van der Waals surface area contributed by atoms with Crippen molar-refractivity contribution in [1.82, 2.24) is 14.8 Å². The Kier molecular flexibility index (Phi) is 4.11. The van der Waals surface area contributed by atoms with Crippen molar-refractivity contribution in [2.24, 2.45) is 0 Å². The van der Waals surface area contributed by atoms with Crippen molar-refractivity contribution in [2.45, 2.75) is 6.54 Å². The molecule has 7 heteroatoms. The molecular weight excluding hydrogens is 277 g/mol. The van der Waals surface area contributed by atoms with E-state index in [4.69, 9.17) is 28.6 Å². The van der Waals surface area contributed by atoms with Crippen LogP contribution in [0.3, 0.4) is 0 Å². The van der Waals surface area contributed by atoms with Crippen molar-refractivity contribution in [1.29, 1.82) is 0 Å². The van der Waals surface area contributed by atoms with Gasteiger partial charge in [0.25, 0.3) is 0 Å². The predicted molar refractivity (Wildman–Crippen MR) is 69.7 cm³/mol. The number of methoxy groups -OCH3 is 1. The molecule has 4 nitrogen and oxygen atoms in total. The van der Waals surface area contributed by atoms with Crippen LogP contribution in [0.2, 0.25) is 5.02 Å². The monoisotopic (exact) mass is 287 g/mol. The summed E-state index contributed by atoms with van der Waals surface area (Å²) in [4.78, 5) is 0. The second-order valence-electron chi connectivity index (χ2n) is 3.62. The highest BCUT2D eigenvalue weighted by molar-refractivity contribution is 7.71. The van der Waals surface area contributed by atoms with Gasteiger partial charge in [0.2, 0.25) is 0 Å². The molecule has 1 aromatic heterocycles. The molecule has 1 N–H and O–H groups in total. The van der Waals surface area contributed by atoms with E-state index in [1.807, 2.05) is 0 Å². The summed E-state index contributed by atoms with van der Waals surface area (Å²) in [7, 11) is 1.61. The summed E-state index contributed by atoms with van der Waals surface area (Å²) in [5.74, 6) is 0.184. The van der Waals surface area contributed by atoms with E-state index in [1.54, 1.807) is 17.7 Å². The van der Waals surface area contributed by atoms with E-state index in [9.17, 15) is 4.39 Å². The number of nitrogens with one attached hydrogen (secondary N) is 1. The molecule has 0 saturated heterocycles. The summed E-state index contributed by atoms with van der Waals surface area (Å²) in [6.07, 6.45) is 0. The third kappa shape index (κ3) is 2.60. The molecular formula is C11H11ClFN3OS. The fourth-order valence-corrected chi connectivity index (χ4v) is 2.06. The SMILES string of the molecule is COCCn1c(-c2ccc(F)cc2Cl)n[nH]c1=S. The molecule has 2 aromatic rings. The standard InChI is InChI=1S/C11H11ClFN3OS/c1-17-5-4-16-10(14-15-11(16)18)8-3-2-7(13)6-9(8)12/h2-3,6H,4-5H2,1H3,(H,15,18). The molecule has 18 heavy (non-hydrogen) atoms. The lowest BCUT2D eigenvalue weighted by molar-refractivity contribution is 0.187. The molecule has 0 bridgehead atoms. The van der Waals surface area contributed by atoms with Crippen LogP contribution in [0.25, 0.3) is 11.4 Å². The summed E-state index contributed by atoms with van der Waals surface area (Å²) in [6.45, 7) is 1.05. The number of rotatable bonds is 4. The first kappa shape index (κ1) is 13.2. The Morgan fingerprint density at radius 2 is 2.33 bits per heavy atom.